The Kier molecular flexibility index (Phi) is 9.64. The van der Waals surface area contributed by atoms with Gasteiger partial charge in [-0.1, -0.05) is 0 Å². The maximum atomic E-state index is 14.4. The average Bonchev–Trinajstić information content (AvgIpc) is 3.26. The SMILES string of the molecule is CNc1nc(C)nc2c1ncn2[C@H]1C[C@H](OP(=O)(OC(C)(C)C)OC(C)(C)C)[C@@]2(COP(=O)(OC(C)(C)C)OC(C)(C)C)C[C@H]12. The Morgan fingerprint density at radius 1 is 0.867 bits per heavy atom. The monoisotopic (exact) mass is 673 g/mol. The molecule has 0 aromatic carbocycles. The van der Waals surface area contributed by atoms with Gasteiger partial charge in [-0.15, -0.1) is 0 Å². The Bertz CT molecular complexity index is 1450. The number of nitrogens with zero attached hydrogens (tertiary/aromatic N) is 4. The second kappa shape index (κ2) is 11.9. The fourth-order valence-corrected chi connectivity index (χ4v) is 9.80. The zero-order valence-corrected chi connectivity index (χ0v) is 31.2. The van der Waals surface area contributed by atoms with E-state index in [1.165, 1.54) is 0 Å². The van der Waals surface area contributed by atoms with Crippen LogP contribution in [0, 0.1) is 18.3 Å². The highest BCUT2D eigenvalue weighted by Crippen LogP contribution is 2.73. The molecule has 0 aliphatic heterocycles. The fourth-order valence-electron chi connectivity index (χ4n) is 5.84. The molecule has 45 heavy (non-hydrogen) atoms. The van der Waals surface area contributed by atoms with Gasteiger partial charge in [-0.05, 0) is 109 Å². The lowest BCUT2D eigenvalue weighted by Crippen LogP contribution is -2.32. The Balaban J connectivity index is 1.75. The summed E-state index contributed by atoms with van der Waals surface area (Å²) in [6.45, 7) is 23.4. The molecule has 2 aromatic heterocycles. The van der Waals surface area contributed by atoms with E-state index in [4.69, 9.17) is 32.1 Å². The van der Waals surface area contributed by atoms with Crippen molar-refractivity contribution in [3.8, 4) is 0 Å². The predicted octanol–water partition coefficient (Wildman–Crippen LogP) is 8.01. The molecular formula is C30H53N5O8P2. The second-order valence-corrected chi connectivity index (χ2v) is 19.1. The third-order valence-corrected chi connectivity index (χ3v) is 11.2. The van der Waals surface area contributed by atoms with Gasteiger partial charge < -0.3 is 9.88 Å². The molecule has 15 heteroatoms. The maximum Gasteiger partial charge on any atom is 0.476 e. The van der Waals surface area contributed by atoms with Crippen molar-refractivity contribution in [2.24, 2.45) is 11.3 Å². The van der Waals surface area contributed by atoms with Crippen LogP contribution < -0.4 is 5.32 Å². The lowest BCUT2D eigenvalue weighted by molar-refractivity contribution is -0.0352. The highest BCUT2D eigenvalue weighted by Gasteiger charge is 2.70. The number of hydrogen-bond donors (Lipinski definition) is 1. The van der Waals surface area contributed by atoms with E-state index in [9.17, 15) is 9.13 Å². The third kappa shape index (κ3) is 8.93. The van der Waals surface area contributed by atoms with E-state index < -0.39 is 49.6 Å². The summed E-state index contributed by atoms with van der Waals surface area (Å²) in [5, 5.41) is 3.10. The summed E-state index contributed by atoms with van der Waals surface area (Å²) >= 11 is 0. The summed E-state index contributed by atoms with van der Waals surface area (Å²) in [6, 6.07) is -0.146. The zero-order valence-electron chi connectivity index (χ0n) is 29.4. The van der Waals surface area contributed by atoms with Gasteiger partial charge in [-0.3, -0.25) is 27.1 Å². The van der Waals surface area contributed by atoms with Gasteiger partial charge in [0.15, 0.2) is 11.5 Å². The summed E-state index contributed by atoms with van der Waals surface area (Å²) in [7, 11) is -6.37. The molecule has 2 aliphatic rings. The minimum absolute atomic E-state index is 0.0105. The topological polar surface area (TPSA) is 145 Å². The summed E-state index contributed by atoms with van der Waals surface area (Å²) in [6.07, 6.45) is 2.18. The first kappa shape index (κ1) is 36.4. The molecule has 2 fully saturated rings. The first-order valence-corrected chi connectivity index (χ1v) is 18.4. The zero-order chi connectivity index (χ0) is 34.0. The number of phosphoric ester groups is 2. The second-order valence-electron chi connectivity index (χ2n) is 16.1. The van der Waals surface area contributed by atoms with Crippen molar-refractivity contribution >= 4 is 32.6 Å². The Labute approximate surface area is 268 Å². The summed E-state index contributed by atoms with van der Waals surface area (Å²) < 4.78 is 66.9. The van der Waals surface area contributed by atoms with Crippen LogP contribution in [0.3, 0.4) is 0 Å². The van der Waals surface area contributed by atoms with Crippen molar-refractivity contribution in [1.82, 2.24) is 19.5 Å². The molecule has 0 radical (unpaired) electrons. The first-order valence-electron chi connectivity index (χ1n) is 15.5. The third-order valence-electron chi connectivity index (χ3n) is 7.16. The molecule has 4 atom stereocenters. The van der Waals surface area contributed by atoms with Gasteiger partial charge in [-0.25, -0.2) is 24.1 Å². The van der Waals surface area contributed by atoms with Crippen LogP contribution in [0.5, 0.6) is 0 Å². The number of nitrogens with one attached hydrogen (secondary N) is 1. The van der Waals surface area contributed by atoms with E-state index in [2.05, 4.69) is 15.3 Å². The number of hydrogen-bond acceptors (Lipinski definition) is 12. The lowest BCUT2D eigenvalue weighted by Gasteiger charge is -2.35. The molecule has 0 spiro atoms. The minimum atomic E-state index is -4.12. The first-order chi connectivity index (χ1) is 20.3. The van der Waals surface area contributed by atoms with Gasteiger partial charge in [0.1, 0.15) is 11.3 Å². The van der Waals surface area contributed by atoms with Gasteiger partial charge in [-0.2, -0.15) is 0 Å². The highest BCUT2D eigenvalue weighted by molar-refractivity contribution is 7.48. The smallest absolute Gasteiger partial charge is 0.371 e. The van der Waals surface area contributed by atoms with E-state index in [0.717, 1.165) is 0 Å². The quantitative estimate of drug-likeness (QED) is 0.231. The van der Waals surface area contributed by atoms with Crippen LogP contribution in [0.2, 0.25) is 0 Å². The maximum absolute atomic E-state index is 14.4. The largest absolute Gasteiger partial charge is 0.476 e. The van der Waals surface area contributed by atoms with E-state index in [0.29, 0.717) is 35.6 Å². The Hall–Kier alpha value is -1.43. The molecule has 2 aromatic rings. The van der Waals surface area contributed by atoms with Crippen LogP contribution in [-0.4, -0.2) is 61.7 Å². The molecule has 4 rings (SSSR count). The number of fused-ring (bicyclic) bond motifs is 2. The average molecular weight is 674 g/mol. The molecule has 0 bridgehead atoms. The van der Waals surface area contributed by atoms with Crippen LogP contribution in [0.4, 0.5) is 5.82 Å². The van der Waals surface area contributed by atoms with Crippen molar-refractivity contribution < 1.29 is 36.3 Å². The van der Waals surface area contributed by atoms with Gasteiger partial charge in [0.05, 0.1) is 41.4 Å². The van der Waals surface area contributed by atoms with E-state index >= 15 is 0 Å². The van der Waals surface area contributed by atoms with E-state index in [1.807, 2.05) is 11.5 Å². The van der Waals surface area contributed by atoms with Crippen LogP contribution in [0.25, 0.3) is 11.2 Å². The van der Waals surface area contributed by atoms with Gasteiger partial charge >= 0.3 is 15.6 Å². The normalized spacial score (nSPS) is 24.7. The van der Waals surface area contributed by atoms with Crippen molar-refractivity contribution in [3.05, 3.63) is 12.2 Å². The van der Waals surface area contributed by atoms with Gasteiger partial charge in [0, 0.05) is 18.5 Å². The van der Waals surface area contributed by atoms with Gasteiger partial charge in [0.25, 0.3) is 0 Å². The lowest BCUT2D eigenvalue weighted by atomic mass is 10.0. The number of anilines is 1. The van der Waals surface area contributed by atoms with Crippen LogP contribution in [0.1, 0.15) is 108 Å². The molecule has 2 heterocycles. The fraction of sp³-hybridized carbons (Fsp3) is 0.833. The van der Waals surface area contributed by atoms with Crippen LogP contribution >= 0.6 is 15.6 Å². The molecule has 2 aliphatic carbocycles. The molecule has 1 N–H and O–H groups in total. The molecule has 256 valence electrons. The molecular weight excluding hydrogens is 620 g/mol. The molecule has 0 amide bonds. The summed E-state index contributed by atoms with van der Waals surface area (Å²) in [4.78, 5) is 13.8. The van der Waals surface area contributed by atoms with Crippen molar-refractivity contribution in [3.63, 3.8) is 0 Å². The summed E-state index contributed by atoms with van der Waals surface area (Å²) in [5.74, 6) is 1.23. The van der Waals surface area contributed by atoms with Crippen molar-refractivity contribution in [2.45, 2.75) is 137 Å². The van der Waals surface area contributed by atoms with Crippen LogP contribution in [-0.2, 0) is 36.3 Å². The molecule has 0 saturated heterocycles. The molecule has 2 saturated carbocycles. The van der Waals surface area contributed by atoms with Crippen molar-refractivity contribution in [2.75, 3.05) is 19.0 Å². The number of imidazole rings is 1. The van der Waals surface area contributed by atoms with Crippen LogP contribution in [0.15, 0.2) is 6.33 Å². The number of aromatic nitrogens is 4. The number of rotatable bonds is 11. The number of aryl methyl sites for hydroxylation is 1. The van der Waals surface area contributed by atoms with Crippen molar-refractivity contribution in [1.29, 1.82) is 0 Å². The number of phosphoric acid groups is 2. The minimum Gasteiger partial charge on any atom is -0.371 e. The summed E-state index contributed by atoms with van der Waals surface area (Å²) in [5.41, 5.74) is -2.60. The Morgan fingerprint density at radius 2 is 1.38 bits per heavy atom. The Morgan fingerprint density at radius 3 is 1.87 bits per heavy atom. The van der Waals surface area contributed by atoms with E-state index in [-0.39, 0.29) is 18.6 Å². The molecule has 13 nitrogen and oxygen atoms in total. The highest BCUT2D eigenvalue weighted by atomic mass is 31.2. The standard InChI is InChI=1S/C30H53N5O8P2/c1-19-33-24(31-14)23-25(34-19)35(18-32-23)21-15-22(39-45(37,42-28(8,9)10)43-29(11,12)13)30(16-20(21)30)17-38-44(36,40-26(2,3)4)41-27(5,6)7/h18,20-22H,15-17H2,1-14H3,(H,31,33,34)/t20-,21+,22+,30-/m1/s1. The van der Waals surface area contributed by atoms with Gasteiger partial charge in [0.2, 0.25) is 0 Å². The van der Waals surface area contributed by atoms with E-state index in [1.54, 1.807) is 96.5 Å². The molecule has 0 unspecified atom stereocenters. The predicted molar refractivity (Wildman–Crippen MR) is 173 cm³/mol.